The summed E-state index contributed by atoms with van der Waals surface area (Å²) in [6.07, 6.45) is 2.49. The second kappa shape index (κ2) is 5.43. The largest absolute Gasteiger partial charge is 0.321 e. The highest BCUT2D eigenvalue weighted by atomic mass is 35.5. The summed E-state index contributed by atoms with van der Waals surface area (Å²) in [5.41, 5.74) is 9.49. The van der Waals surface area contributed by atoms with Gasteiger partial charge in [0.25, 0.3) is 0 Å². The lowest BCUT2D eigenvalue weighted by molar-refractivity contribution is 0.348. The lowest BCUT2D eigenvalue weighted by atomic mass is 9.70. The second-order valence-corrected chi connectivity index (χ2v) is 6.45. The van der Waals surface area contributed by atoms with Crippen LogP contribution in [0.15, 0.2) is 42.5 Å². The quantitative estimate of drug-likeness (QED) is 0.849. The van der Waals surface area contributed by atoms with Crippen LogP contribution in [0.3, 0.4) is 0 Å². The number of halogens is 2. The van der Waals surface area contributed by atoms with Gasteiger partial charge in [0.15, 0.2) is 0 Å². The maximum Gasteiger partial charge on any atom is 0.142 e. The van der Waals surface area contributed by atoms with Gasteiger partial charge in [0.2, 0.25) is 0 Å². The molecule has 0 saturated heterocycles. The fraction of sp³-hybridized carbons (Fsp3) is 0.333. The van der Waals surface area contributed by atoms with Gasteiger partial charge in [-0.15, -0.1) is 0 Å². The van der Waals surface area contributed by atoms with Gasteiger partial charge in [0.05, 0.1) is 5.02 Å². The van der Waals surface area contributed by atoms with E-state index in [1.165, 1.54) is 17.2 Å². The fourth-order valence-electron chi connectivity index (χ4n) is 3.35. The summed E-state index contributed by atoms with van der Waals surface area (Å²) in [4.78, 5) is 0. The van der Waals surface area contributed by atoms with Crippen LogP contribution in [0.5, 0.6) is 0 Å². The molecule has 2 aromatic rings. The zero-order valence-corrected chi connectivity index (χ0v) is 12.8. The van der Waals surface area contributed by atoms with Crippen LogP contribution in [0.25, 0.3) is 0 Å². The molecule has 0 radical (unpaired) electrons. The SMILES string of the molecule is CC1CCC(N)(Cc2cccc(F)c2Cl)c2ccccc21. The Morgan fingerprint density at radius 2 is 2.00 bits per heavy atom. The Hall–Kier alpha value is -1.38. The van der Waals surface area contributed by atoms with Gasteiger partial charge in [-0.05, 0) is 47.9 Å². The van der Waals surface area contributed by atoms with Crippen molar-refractivity contribution < 1.29 is 4.39 Å². The van der Waals surface area contributed by atoms with E-state index in [1.807, 2.05) is 12.1 Å². The minimum atomic E-state index is -0.472. The Kier molecular flexibility index (Phi) is 3.76. The minimum Gasteiger partial charge on any atom is -0.321 e. The first-order chi connectivity index (χ1) is 10.0. The van der Waals surface area contributed by atoms with Gasteiger partial charge in [-0.1, -0.05) is 54.9 Å². The predicted molar refractivity (Wildman–Crippen MR) is 85.1 cm³/mol. The van der Waals surface area contributed by atoms with Crippen LogP contribution in [0.2, 0.25) is 5.02 Å². The van der Waals surface area contributed by atoms with E-state index in [4.69, 9.17) is 17.3 Å². The van der Waals surface area contributed by atoms with Crippen LogP contribution in [-0.2, 0) is 12.0 Å². The highest BCUT2D eigenvalue weighted by Gasteiger charge is 2.35. The molecule has 0 fully saturated rings. The van der Waals surface area contributed by atoms with Crippen LogP contribution >= 0.6 is 11.6 Å². The van der Waals surface area contributed by atoms with Crippen molar-refractivity contribution in [2.45, 2.75) is 37.6 Å². The molecule has 1 aliphatic rings. The van der Waals surface area contributed by atoms with E-state index < -0.39 is 5.54 Å². The molecule has 3 heteroatoms. The fourth-order valence-corrected chi connectivity index (χ4v) is 3.55. The van der Waals surface area contributed by atoms with E-state index in [1.54, 1.807) is 6.07 Å². The van der Waals surface area contributed by atoms with E-state index in [9.17, 15) is 4.39 Å². The molecular formula is C18H19ClFN. The van der Waals surface area contributed by atoms with Crippen LogP contribution in [0.4, 0.5) is 4.39 Å². The highest BCUT2D eigenvalue weighted by Crippen LogP contribution is 2.42. The lowest BCUT2D eigenvalue weighted by Gasteiger charge is -2.39. The summed E-state index contributed by atoms with van der Waals surface area (Å²) < 4.78 is 13.6. The van der Waals surface area contributed by atoms with E-state index in [-0.39, 0.29) is 10.8 Å². The molecule has 3 rings (SSSR count). The van der Waals surface area contributed by atoms with Crippen molar-refractivity contribution in [3.63, 3.8) is 0 Å². The van der Waals surface area contributed by atoms with Gasteiger partial charge in [-0.3, -0.25) is 0 Å². The van der Waals surface area contributed by atoms with Gasteiger partial charge >= 0.3 is 0 Å². The zero-order valence-electron chi connectivity index (χ0n) is 12.1. The molecule has 2 unspecified atom stereocenters. The molecule has 0 aliphatic heterocycles. The van der Waals surface area contributed by atoms with E-state index >= 15 is 0 Å². The summed E-state index contributed by atoms with van der Waals surface area (Å²) in [5, 5.41) is 0.193. The predicted octanol–water partition coefficient (Wildman–Crippen LogP) is 4.77. The molecule has 2 atom stereocenters. The Bertz CT molecular complexity index is 670. The average Bonchev–Trinajstić information content (AvgIpc) is 2.49. The van der Waals surface area contributed by atoms with Gasteiger partial charge < -0.3 is 5.73 Å². The molecule has 0 heterocycles. The Labute approximate surface area is 129 Å². The minimum absolute atomic E-state index is 0.193. The number of benzene rings is 2. The molecule has 2 N–H and O–H groups in total. The monoisotopic (exact) mass is 303 g/mol. The summed E-state index contributed by atoms with van der Waals surface area (Å²) in [6, 6.07) is 13.2. The number of fused-ring (bicyclic) bond motifs is 1. The third-order valence-electron chi connectivity index (χ3n) is 4.59. The van der Waals surface area contributed by atoms with Crippen LogP contribution in [-0.4, -0.2) is 0 Å². The second-order valence-electron chi connectivity index (χ2n) is 6.07. The van der Waals surface area contributed by atoms with Crippen molar-refractivity contribution in [2.75, 3.05) is 0 Å². The summed E-state index contributed by atoms with van der Waals surface area (Å²) in [7, 11) is 0. The van der Waals surface area contributed by atoms with Crippen molar-refractivity contribution in [3.05, 3.63) is 70.0 Å². The van der Waals surface area contributed by atoms with Crippen LogP contribution < -0.4 is 5.73 Å². The molecular weight excluding hydrogens is 285 g/mol. The Morgan fingerprint density at radius 1 is 1.24 bits per heavy atom. The first-order valence-electron chi connectivity index (χ1n) is 7.32. The normalized spacial score (nSPS) is 24.7. The van der Waals surface area contributed by atoms with Gasteiger partial charge in [0, 0.05) is 5.54 Å². The molecule has 110 valence electrons. The Balaban J connectivity index is 2.02. The highest BCUT2D eigenvalue weighted by molar-refractivity contribution is 6.31. The smallest absolute Gasteiger partial charge is 0.142 e. The maximum absolute atomic E-state index is 13.6. The van der Waals surface area contributed by atoms with E-state index in [0.717, 1.165) is 18.4 Å². The van der Waals surface area contributed by atoms with Crippen molar-refractivity contribution in [1.29, 1.82) is 0 Å². The van der Waals surface area contributed by atoms with Crippen molar-refractivity contribution in [3.8, 4) is 0 Å². The zero-order chi connectivity index (χ0) is 15.0. The first kappa shape index (κ1) is 14.6. The molecule has 0 spiro atoms. The number of nitrogens with two attached hydrogens (primary N) is 1. The molecule has 1 nitrogen and oxygen atoms in total. The topological polar surface area (TPSA) is 26.0 Å². The van der Waals surface area contributed by atoms with Crippen molar-refractivity contribution >= 4 is 11.6 Å². The van der Waals surface area contributed by atoms with Crippen LogP contribution in [0.1, 0.15) is 42.4 Å². The molecule has 0 bridgehead atoms. The van der Waals surface area contributed by atoms with Gasteiger partial charge in [0.1, 0.15) is 5.82 Å². The summed E-state index contributed by atoms with van der Waals surface area (Å²) in [6.45, 7) is 2.23. The summed E-state index contributed by atoms with van der Waals surface area (Å²) >= 11 is 6.10. The molecule has 0 amide bonds. The third kappa shape index (κ3) is 2.58. The van der Waals surface area contributed by atoms with Crippen molar-refractivity contribution in [2.24, 2.45) is 5.73 Å². The third-order valence-corrected chi connectivity index (χ3v) is 5.01. The Morgan fingerprint density at radius 3 is 2.81 bits per heavy atom. The van der Waals surface area contributed by atoms with Gasteiger partial charge in [-0.2, -0.15) is 0 Å². The lowest BCUT2D eigenvalue weighted by Crippen LogP contribution is -2.42. The molecule has 0 saturated carbocycles. The van der Waals surface area contributed by atoms with E-state index in [2.05, 4.69) is 25.1 Å². The first-order valence-corrected chi connectivity index (χ1v) is 7.70. The van der Waals surface area contributed by atoms with Gasteiger partial charge in [-0.25, -0.2) is 4.39 Å². The van der Waals surface area contributed by atoms with Crippen molar-refractivity contribution in [1.82, 2.24) is 0 Å². The maximum atomic E-state index is 13.6. The van der Waals surface area contributed by atoms with Crippen LogP contribution in [0, 0.1) is 5.82 Å². The molecule has 21 heavy (non-hydrogen) atoms. The number of hydrogen-bond donors (Lipinski definition) is 1. The molecule has 2 aromatic carbocycles. The molecule has 1 aliphatic carbocycles. The average molecular weight is 304 g/mol. The standard InChI is InChI=1S/C18H19ClFN/c1-12-9-10-18(21,15-7-3-2-6-14(12)15)11-13-5-4-8-16(20)17(13)19/h2-8,12H,9-11,21H2,1H3. The summed E-state index contributed by atoms with van der Waals surface area (Å²) in [5.74, 6) is 0.135. The number of rotatable bonds is 2. The van der Waals surface area contributed by atoms with E-state index in [0.29, 0.717) is 12.3 Å². The molecule has 0 aromatic heterocycles. The number of hydrogen-bond acceptors (Lipinski definition) is 1.